The van der Waals surface area contributed by atoms with Gasteiger partial charge in [-0.05, 0) is 19.9 Å². The second-order valence-electron chi connectivity index (χ2n) is 4.56. The summed E-state index contributed by atoms with van der Waals surface area (Å²) in [6.45, 7) is 5.43. The van der Waals surface area contributed by atoms with Crippen LogP contribution in [0.25, 0.3) is 0 Å². The average Bonchev–Trinajstić information content (AvgIpc) is 2.95. The van der Waals surface area contributed by atoms with Gasteiger partial charge in [-0.25, -0.2) is 0 Å². The third kappa shape index (κ3) is 6.05. The Hall–Kier alpha value is -1.84. The second kappa shape index (κ2) is 10.0. The molecule has 0 saturated carbocycles. The van der Waals surface area contributed by atoms with Crippen LogP contribution in [-0.4, -0.2) is 29.8 Å². The van der Waals surface area contributed by atoms with Crippen LogP contribution in [0.5, 0.6) is 5.75 Å². The summed E-state index contributed by atoms with van der Waals surface area (Å²) in [7, 11) is 1.71. The lowest BCUT2D eigenvalue weighted by atomic mass is 10.2. The molecule has 1 heterocycles. The molecule has 0 aliphatic heterocycles. The van der Waals surface area contributed by atoms with Crippen LogP contribution < -0.4 is 15.4 Å². The van der Waals surface area contributed by atoms with Crippen LogP contribution in [0.15, 0.2) is 33.8 Å². The van der Waals surface area contributed by atoms with E-state index in [4.69, 9.17) is 9.26 Å². The summed E-state index contributed by atoms with van der Waals surface area (Å²) < 4.78 is 10.6. The number of nitrogens with one attached hydrogen (secondary N) is 2. The van der Waals surface area contributed by atoms with Gasteiger partial charge in [-0.15, -0.1) is 24.0 Å². The van der Waals surface area contributed by atoms with Crippen molar-refractivity contribution in [2.45, 2.75) is 26.9 Å². The molecule has 0 aliphatic rings. The number of halogens is 1. The minimum absolute atomic E-state index is 0. The van der Waals surface area contributed by atoms with Gasteiger partial charge in [0.2, 0.25) is 5.89 Å². The zero-order valence-corrected chi connectivity index (χ0v) is 15.8. The van der Waals surface area contributed by atoms with E-state index in [9.17, 15) is 0 Å². The van der Waals surface area contributed by atoms with Gasteiger partial charge in [0, 0.05) is 19.2 Å². The molecule has 0 unspecified atom stereocenters. The van der Waals surface area contributed by atoms with Crippen molar-refractivity contribution < 1.29 is 9.26 Å². The van der Waals surface area contributed by atoms with Crippen molar-refractivity contribution in [3.05, 3.63) is 41.5 Å². The van der Waals surface area contributed by atoms with E-state index in [1.54, 1.807) is 14.0 Å². The summed E-state index contributed by atoms with van der Waals surface area (Å²) in [5.74, 6) is 2.67. The Kier molecular flexibility index (Phi) is 8.38. The molecule has 126 valence electrons. The second-order valence-corrected chi connectivity index (χ2v) is 4.56. The van der Waals surface area contributed by atoms with Crippen molar-refractivity contribution in [3.63, 3.8) is 0 Å². The first-order valence-electron chi connectivity index (χ1n) is 7.17. The van der Waals surface area contributed by atoms with E-state index in [2.05, 4.69) is 25.8 Å². The maximum absolute atomic E-state index is 5.60. The van der Waals surface area contributed by atoms with Crippen molar-refractivity contribution in [1.82, 2.24) is 20.8 Å². The molecule has 0 radical (unpaired) electrons. The molecule has 0 aliphatic carbocycles. The highest BCUT2D eigenvalue weighted by Crippen LogP contribution is 2.17. The molecular formula is C15H22IN5O2. The van der Waals surface area contributed by atoms with E-state index in [1.807, 2.05) is 31.2 Å². The van der Waals surface area contributed by atoms with E-state index in [0.29, 0.717) is 37.4 Å². The zero-order chi connectivity index (χ0) is 15.8. The predicted molar refractivity (Wildman–Crippen MR) is 99.1 cm³/mol. The number of para-hydroxylation sites is 1. The Morgan fingerprint density at radius 3 is 2.65 bits per heavy atom. The summed E-state index contributed by atoms with van der Waals surface area (Å²) in [6.07, 6.45) is 0. The molecule has 23 heavy (non-hydrogen) atoms. The van der Waals surface area contributed by atoms with E-state index in [-0.39, 0.29) is 24.0 Å². The highest BCUT2D eigenvalue weighted by atomic mass is 127. The predicted octanol–water partition coefficient (Wildman–Crippen LogP) is 2.26. The Bertz CT molecular complexity index is 630. The monoisotopic (exact) mass is 431 g/mol. The van der Waals surface area contributed by atoms with Crippen LogP contribution in [0.2, 0.25) is 0 Å². The molecule has 2 N–H and O–H groups in total. The largest absolute Gasteiger partial charge is 0.494 e. The molecule has 0 amide bonds. The SMILES string of the molecule is CCOc1ccccc1CNC(=NC)NCc1nc(C)no1.I. The fraction of sp³-hybridized carbons (Fsp3) is 0.400. The summed E-state index contributed by atoms with van der Waals surface area (Å²) in [6, 6.07) is 7.92. The van der Waals surface area contributed by atoms with Crippen molar-refractivity contribution in [3.8, 4) is 5.75 Å². The van der Waals surface area contributed by atoms with Gasteiger partial charge in [0.1, 0.15) is 5.75 Å². The van der Waals surface area contributed by atoms with Crippen molar-refractivity contribution in [1.29, 1.82) is 0 Å². The molecule has 2 aromatic rings. The van der Waals surface area contributed by atoms with Crippen molar-refractivity contribution in [2.24, 2.45) is 4.99 Å². The highest BCUT2D eigenvalue weighted by molar-refractivity contribution is 14.0. The molecule has 0 fully saturated rings. The molecule has 0 spiro atoms. The van der Waals surface area contributed by atoms with Crippen LogP contribution in [-0.2, 0) is 13.1 Å². The number of aromatic nitrogens is 2. The van der Waals surface area contributed by atoms with Crippen LogP contribution in [0.4, 0.5) is 0 Å². The Labute approximate surface area is 152 Å². The molecule has 8 heteroatoms. The van der Waals surface area contributed by atoms with E-state index in [0.717, 1.165) is 11.3 Å². The smallest absolute Gasteiger partial charge is 0.246 e. The molecule has 2 rings (SSSR count). The minimum Gasteiger partial charge on any atom is -0.494 e. The lowest BCUT2D eigenvalue weighted by Crippen LogP contribution is -2.36. The average molecular weight is 431 g/mol. The normalized spacial score (nSPS) is 10.8. The van der Waals surface area contributed by atoms with Gasteiger partial charge in [-0.2, -0.15) is 4.98 Å². The van der Waals surface area contributed by atoms with Gasteiger partial charge in [0.05, 0.1) is 13.2 Å². The Morgan fingerprint density at radius 1 is 1.26 bits per heavy atom. The maximum atomic E-state index is 5.60. The van der Waals surface area contributed by atoms with Crippen LogP contribution in [0, 0.1) is 6.92 Å². The van der Waals surface area contributed by atoms with Gasteiger partial charge < -0.3 is 19.9 Å². The highest BCUT2D eigenvalue weighted by Gasteiger charge is 2.06. The standard InChI is InChI=1S/C15H21N5O2.HI/c1-4-21-13-8-6-5-7-12(13)9-17-15(16-3)18-10-14-19-11(2)20-22-14;/h5-8H,4,9-10H2,1-3H3,(H2,16,17,18);1H. The van der Waals surface area contributed by atoms with Crippen LogP contribution >= 0.6 is 24.0 Å². The first kappa shape index (κ1) is 19.2. The minimum atomic E-state index is 0. The van der Waals surface area contributed by atoms with E-state index >= 15 is 0 Å². The summed E-state index contributed by atoms with van der Waals surface area (Å²) in [5.41, 5.74) is 1.07. The Balaban J connectivity index is 0.00000264. The van der Waals surface area contributed by atoms with Gasteiger partial charge >= 0.3 is 0 Å². The van der Waals surface area contributed by atoms with E-state index in [1.165, 1.54) is 0 Å². The number of aryl methyl sites for hydroxylation is 1. The number of nitrogens with zero attached hydrogens (tertiary/aromatic N) is 3. The van der Waals surface area contributed by atoms with Crippen LogP contribution in [0.3, 0.4) is 0 Å². The fourth-order valence-electron chi connectivity index (χ4n) is 1.92. The van der Waals surface area contributed by atoms with Crippen LogP contribution in [0.1, 0.15) is 24.2 Å². The van der Waals surface area contributed by atoms with Crippen molar-refractivity contribution >= 4 is 29.9 Å². The zero-order valence-electron chi connectivity index (χ0n) is 13.5. The molecule has 0 saturated heterocycles. The Morgan fingerprint density at radius 2 is 2.00 bits per heavy atom. The first-order valence-corrected chi connectivity index (χ1v) is 7.17. The first-order chi connectivity index (χ1) is 10.7. The third-order valence-electron chi connectivity index (χ3n) is 2.92. The quantitative estimate of drug-likeness (QED) is 0.415. The molecule has 0 atom stereocenters. The molecule has 0 bridgehead atoms. The number of benzene rings is 1. The van der Waals surface area contributed by atoms with Gasteiger partial charge in [0.15, 0.2) is 11.8 Å². The van der Waals surface area contributed by atoms with Gasteiger partial charge in [-0.1, -0.05) is 23.4 Å². The lowest BCUT2D eigenvalue weighted by Gasteiger charge is -2.13. The van der Waals surface area contributed by atoms with E-state index < -0.39 is 0 Å². The lowest BCUT2D eigenvalue weighted by molar-refractivity contribution is 0.336. The molecular weight excluding hydrogens is 409 g/mol. The van der Waals surface area contributed by atoms with Gasteiger partial charge in [0.25, 0.3) is 0 Å². The topological polar surface area (TPSA) is 84.6 Å². The number of rotatable bonds is 6. The summed E-state index contributed by atoms with van der Waals surface area (Å²) in [5, 5.41) is 10.1. The molecule has 1 aromatic carbocycles. The van der Waals surface area contributed by atoms with Gasteiger partial charge in [-0.3, -0.25) is 4.99 Å². The number of hydrogen-bond donors (Lipinski definition) is 2. The third-order valence-corrected chi connectivity index (χ3v) is 2.92. The number of hydrogen-bond acceptors (Lipinski definition) is 5. The number of aliphatic imine (C=N–C) groups is 1. The molecule has 7 nitrogen and oxygen atoms in total. The fourth-order valence-corrected chi connectivity index (χ4v) is 1.92. The number of ether oxygens (including phenoxy) is 1. The summed E-state index contributed by atoms with van der Waals surface area (Å²) in [4.78, 5) is 8.30. The maximum Gasteiger partial charge on any atom is 0.246 e. The molecule has 1 aromatic heterocycles. The van der Waals surface area contributed by atoms with Crippen molar-refractivity contribution in [2.75, 3.05) is 13.7 Å². The number of guanidine groups is 1. The summed E-state index contributed by atoms with van der Waals surface area (Å²) >= 11 is 0.